The molecule has 1 aliphatic rings. The minimum atomic E-state index is -4.52. The SMILES string of the molecule is O=C(O)COc1cccc2c1CCCN2CCSC(c1ccccc1)(c1ccccc1)C(F)(F)F. The standard InChI is InChI=1S/C27H26F3NO3S/c28-27(29,30)26(20-9-3-1-4-10-20,21-11-5-2-6-12-21)35-18-17-31-16-8-13-22-23(31)14-7-15-24(22)34-19-25(32)33/h1-7,9-12,14-15H,8,13,16-19H2,(H,32,33). The lowest BCUT2D eigenvalue weighted by Crippen LogP contribution is -2.42. The molecule has 0 spiro atoms. The Hall–Kier alpha value is -3.13. The number of alkyl halides is 3. The van der Waals surface area contributed by atoms with Crippen molar-refractivity contribution in [2.24, 2.45) is 0 Å². The van der Waals surface area contributed by atoms with E-state index in [1.165, 1.54) is 24.3 Å². The van der Waals surface area contributed by atoms with Gasteiger partial charge < -0.3 is 14.7 Å². The Morgan fingerprint density at radius 3 is 2.14 bits per heavy atom. The highest BCUT2D eigenvalue weighted by molar-refractivity contribution is 8.00. The lowest BCUT2D eigenvalue weighted by Gasteiger charge is -2.38. The Kier molecular flexibility index (Phi) is 7.60. The van der Waals surface area contributed by atoms with E-state index in [4.69, 9.17) is 9.84 Å². The number of ether oxygens (including phenoxy) is 1. The summed E-state index contributed by atoms with van der Waals surface area (Å²) in [5.74, 6) is -0.305. The number of hydrogen-bond donors (Lipinski definition) is 1. The lowest BCUT2D eigenvalue weighted by atomic mass is 9.89. The van der Waals surface area contributed by atoms with Crippen LogP contribution in [0.2, 0.25) is 0 Å². The number of carbonyl (C=O) groups is 1. The molecule has 0 unspecified atom stereocenters. The number of halogens is 3. The van der Waals surface area contributed by atoms with Crippen LogP contribution in [0.4, 0.5) is 18.9 Å². The normalized spacial score (nSPS) is 13.9. The van der Waals surface area contributed by atoms with Gasteiger partial charge in [0.25, 0.3) is 0 Å². The molecule has 0 saturated carbocycles. The second-order valence-corrected chi connectivity index (χ2v) is 9.60. The third-order valence-electron chi connectivity index (χ3n) is 6.09. The Morgan fingerprint density at radius 1 is 0.943 bits per heavy atom. The molecule has 4 nitrogen and oxygen atoms in total. The van der Waals surface area contributed by atoms with Crippen LogP contribution in [0.3, 0.4) is 0 Å². The summed E-state index contributed by atoms with van der Waals surface area (Å²) >= 11 is 0.893. The highest BCUT2D eigenvalue weighted by Gasteiger charge is 2.57. The molecule has 0 atom stereocenters. The zero-order valence-corrected chi connectivity index (χ0v) is 19.8. The second kappa shape index (κ2) is 10.6. The fourth-order valence-corrected chi connectivity index (χ4v) is 5.96. The third-order valence-corrected chi connectivity index (χ3v) is 7.62. The van der Waals surface area contributed by atoms with Gasteiger partial charge in [0.1, 0.15) is 5.75 Å². The van der Waals surface area contributed by atoms with Crippen LogP contribution < -0.4 is 9.64 Å². The van der Waals surface area contributed by atoms with Crippen LogP contribution in [0, 0.1) is 0 Å². The molecular weight excluding hydrogens is 475 g/mol. The first-order chi connectivity index (χ1) is 16.8. The van der Waals surface area contributed by atoms with Gasteiger partial charge in [-0.25, -0.2) is 4.79 Å². The fourth-order valence-electron chi connectivity index (χ4n) is 4.57. The number of anilines is 1. The Bertz CT molecular complexity index is 1100. The molecule has 0 saturated heterocycles. The van der Waals surface area contributed by atoms with Crippen molar-refractivity contribution in [3.63, 3.8) is 0 Å². The summed E-state index contributed by atoms with van der Waals surface area (Å²) < 4.78 is 47.8. The topological polar surface area (TPSA) is 49.8 Å². The smallest absolute Gasteiger partial charge is 0.411 e. The molecule has 0 bridgehead atoms. The van der Waals surface area contributed by atoms with Gasteiger partial charge in [-0.2, -0.15) is 13.2 Å². The van der Waals surface area contributed by atoms with E-state index in [0.717, 1.165) is 35.9 Å². The quantitative estimate of drug-likeness (QED) is 0.382. The van der Waals surface area contributed by atoms with Crippen molar-refractivity contribution in [1.29, 1.82) is 0 Å². The highest BCUT2D eigenvalue weighted by Crippen LogP contribution is 2.54. The first-order valence-corrected chi connectivity index (χ1v) is 12.3. The molecule has 0 radical (unpaired) electrons. The number of carboxylic acid groups (broad SMARTS) is 1. The Morgan fingerprint density at radius 2 is 1.57 bits per heavy atom. The average molecular weight is 502 g/mol. The van der Waals surface area contributed by atoms with Crippen LogP contribution in [0.25, 0.3) is 0 Å². The number of thioether (sulfide) groups is 1. The molecule has 0 fully saturated rings. The van der Waals surface area contributed by atoms with Crippen molar-refractivity contribution in [2.75, 3.05) is 30.3 Å². The van der Waals surface area contributed by atoms with E-state index in [2.05, 4.69) is 4.90 Å². The molecule has 0 aromatic heterocycles. The molecule has 184 valence electrons. The van der Waals surface area contributed by atoms with Crippen molar-refractivity contribution in [3.05, 3.63) is 95.6 Å². The molecule has 1 heterocycles. The van der Waals surface area contributed by atoms with Gasteiger partial charge in [-0.1, -0.05) is 66.7 Å². The second-order valence-electron chi connectivity index (χ2n) is 8.29. The maximum atomic E-state index is 14.9. The van der Waals surface area contributed by atoms with Crippen molar-refractivity contribution < 1.29 is 27.8 Å². The van der Waals surface area contributed by atoms with Crippen LogP contribution in [0.15, 0.2) is 78.9 Å². The minimum absolute atomic E-state index is 0.201. The summed E-state index contributed by atoms with van der Waals surface area (Å²) in [5.41, 5.74) is 2.19. The molecule has 8 heteroatoms. The summed E-state index contributed by atoms with van der Waals surface area (Å²) in [7, 11) is 0. The van der Waals surface area contributed by atoms with E-state index in [1.54, 1.807) is 48.5 Å². The van der Waals surface area contributed by atoms with Crippen LogP contribution in [-0.2, 0) is 16.0 Å². The maximum absolute atomic E-state index is 14.9. The Labute approximate surface area is 206 Å². The maximum Gasteiger partial charge on any atom is 0.411 e. The van der Waals surface area contributed by atoms with Gasteiger partial charge in [0.15, 0.2) is 11.4 Å². The average Bonchev–Trinajstić information content (AvgIpc) is 2.85. The summed E-state index contributed by atoms with van der Waals surface area (Å²) in [6.45, 7) is 0.692. The molecule has 1 N–H and O–H groups in total. The summed E-state index contributed by atoms with van der Waals surface area (Å²) in [5, 5.41) is 8.95. The molecule has 0 amide bonds. The number of aliphatic carboxylic acids is 1. The monoisotopic (exact) mass is 501 g/mol. The number of carboxylic acids is 1. The van der Waals surface area contributed by atoms with Crippen LogP contribution >= 0.6 is 11.8 Å². The molecule has 3 aromatic rings. The van der Waals surface area contributed by atoms with E-state index < -0.39 is 23.5 Å². The lowest BCUT2D eigenvalue weighted by molar-refractivity contribution is -0.151. The Balaban J connectivity index is 1.60. The van der Waals surface area contributed by atoms with Gasteiger partial charge in [0.2, 0.25) is 0 Å². The van der Waals surface area contributed by atoms with Crippen molar-refractivity contribution in [3.8, 4) is 5.75 Å². The van der Waals surface area contributed by atoms with Gasteiger partial charge in [0, 0.05) is 30.1 Å². The number of rotatable bonds is 9. The van der Waals surface area contributed by atoms with Crippen molar-refractivity contribution in [2.45, 2.75) is 23.8 Å². The number of hydrogen-bond acceptors (Lipinski definition) is 4. The fraction of sp³-hybridized carbons (Fsp3) is 0.296. The van der Waals surface area contributed by atoms with Gasteiger partial charge in [0.05, 0.1) is 0 Å². The van der Waals surface area contributed by atoms with Crippen molar-refractivity contribution >= 4 is 23.4 Å². The molecular formula is C27H26F3NO3S. The van der Waals surface area contributed by atoms with Gasteiger partial charge >= 0.3 is 12.1 Å². The number of nitrogens with zero attached hydrogens (tertiary/aromatic N) is 1. The van der Waals surface area contributed by atoms with Crippen molar-refractivity contribution in [1.82, 2.24) is 0 Å². The minimum Gasteiger partial charge on any atom is -0.482 e. The van der Waals surface area contributed by atoms with Crippen LogP contribution in [-0.4, -0.2) is 42.7 Å². The first kappa shape index (κ1) is 25.0. The van der Waals surface area contributed by atoms with E-state index >= 15 is 0 Å². The molecule has 4 rings (SSSR count). The van der Waals surface area contributed by atoms with Crippen LogP contribution in [0.1, 0.15) is 23.1 Å². The van der Waals surface area contributed by atoms with Gasteiger partial charge in [-0.05, 0) is 36.1 Å². The highest BCUT2D eigenvalue weighted by atomic mass is 32.2. The molecule has 0 aliphatic carbocycles. The molecule has 3 aromatic carbocycles. The largest absolute Gasteiger partial charge is 0.482 e. The van der Waals surface area contributed by atoms with Gasteiger partial charge in [-0.15, -0.1) is 11.8 Å². The first-order valence-electron chi connectivity index (χ1n) is 11.4. The molecule has 35 heavy (non-hydrogen) atoms. The van der Waals surface area contributed by atoms with E-state index in [0.29, 0.717) is 18.8 Å². The van der Waals surface area contributed by atoms with E-state index in [9.17, 15) is 18.0 Å². The summed E-state index contributed by atoms with van der Waals surface area (Å²) in [4.78, 5) is 13.0. The van der Waals surface area contributed by atoms with Crippen LogP contribution in [0.5, 0.6) is 5.75 Å². The predicted octanol–water partition coefficient (Wildman–Crippen LogP) is 6.14. The molecule has 1 aliphatic heterocycles. The van der Waals surface area contributed by atoms with Gasteiger partial charge in [-0.3, -0.25) is 0 Å². The predicted molar refractivity (Wildman–Crippen MR) is 132 cm³/mol. The zero-order valence-electron chi connectivity index (χ0n) is 19.0. The number of benzene rings is 3. The third kappa shape index (κ3) is 5.27. The zero-order chi connectivity index (χ0) is 24.9. The summed E-state index contributed by atoms with van der Waals surface area (Å²) in [6.07, 6.45) is -2.97. The summed E-state index contributed by atoms with van der Waals surface area (Å²) in [6, 6.07) is 21.6. The van der Waals surface area contributed by atoms with E-state index in [1.807, 2.05) is 6.07 Å². The number of fused-ring (bicyclic) bond motifs is 1. The van der Waals surface area contributed by atoms with E-state index in [-0.39, 0.29) is 16.9 Å².